The summed E-state index contributed by atoms with van der Waals surface area (Å²) in [5.74, 6) is 0.262. The van der Waals surface area contributed by atoms with Gasteiger partial charge in [-0.1, -0.05) is 0 Å². The number of hydrogen-bond acceptors (Lipinski definition) is 4. The van der Waals surface area contributed by atoms with Crippen molar-refractivity contribution in [1.29, 1.82) is 0 Å². The Morgan fingerprint density at radius 1 is 1.19 bits per heavy atom. The molecule has 1 N–H and O–H groups in total. The van der Waals surface area contributed by atoms with Gasteiger partial charge in [0.15, 0.2) is 6.29 Å². The van der Waals surface area contributed by atoms with Crippen molar-refractivity contribution in [2.75, 3.05) is 5.32 Å². The number of aromatic nitrogens is 2. The summed E-state index contributed by atoms with van der Waals surface area (Å²) in [5.41, 5.74) is -1.07. The summed E-state index contributed by atoms with van der Waals surface area (Å²) in [6.45, 7) is 3.72. The maximum absolute atomic E-state index is 11.7. The van der Waals surface area contributed by atoms with Crippen molar-refractivity contribution in [1.82, 2.24) is 9.13 Å². The fraction of sp³-hybridized carbons (Fsp3) is 0.500. The Hall–Kier alpha value is -1.85. The lowest BCUT2D eigenvalue weighted by Gasteiger charge is -2.16. The quantitative estimate of drug-likeness (QED) is 0.718. The average Bonchev–Trinajstić information content (AvgIpc) is 2.23. The summed E-state index contributed by atoms with van der Waals surface area (Å²) in [4.78, 5) is 34.2. The highest BCUT2D eigenvalue weighted by molar-refractivity contribution is 5.82. The standard InChI is InChI=1S/C10H15N3O3/c1-6(2)11-8-7(5-14)9(15)13(4)10(16)12(8)3/h5-6,11H,1-4H3. The van der Waals surface area contributed by atoms with Crippen LogP contribution in [0.5, 0.6) is 0 Å². The molecule has 0 bridgehead atoms. The summed E-state index contributed by atoms with van der Waals surface area (Å²) in [6.07, 6.45) is 0.465. The number of nitrogens with zero attached hydrogens (tertiary/aromatic N) is 2. The van der Waals surface area contributed by atoms with Gasteiger partial charge in [-0.15, -0.1) is 0 Å². The SMILES string of the molecule is CC(C)Nc1c(C=O)c(=O)n(C)c(=O)n1C. The van der Waals surface area contributed by atoms with Gasteiger partial charge in [0.05, 0.1) is 0 Å². The molecule has 1 aromatic heterocycles. The summed E-state index contributed by atoms with van der Waals surface area (Å²) in [7, 11) is 2.86. The predicted octanol–water partition coefficient (Wildman–Crippen LogP) is -0.283. The average molecular weight is 225 g/mol. The van der Waals surface area contributed by atoms with Crippen LogP contribution in [0.2, 0.25) is 0 Å². The van der Waals surface area contributed by atoms with E-state index in [-0.39, 0.29) is 17.4 Å². The van der Waals surface area contributed by atoms with Crippen molar-refractivity contribution in [3.05, 3.63) is 26.4 Å². The molecule has 0 unspecified atom stereocenters. The minimum Gasteiger partial charge on any atom is -0.368 e. The Balaban J connectivity index is 3.64. The molecule has 1 aromatic rings. The lowest BCUT2D eigenvalue weighted by atomic mass is 10.3. The first-order chi connectivity index (χ1) is 7.40. The van der Waals surface area contributed by atoms with Crippen LogP contribution in [0.15, 0.2) is 9.59 Å². The lowest BCUT2D eigenvalue weighted by molar-refractivity contribution is 0.112. The largest absolute Gasteiger partial charge is 0.368 e. The van der Waals surface area contributed by atoms with Crippen LogP contribution in [0.4, 0.5) is 5.82 Å². The molecule has 0 atom stereocenters. The van der Waals surface area contributed by atoms with Crippen molar-refractivity contribution >= 4 is 12.1 Å². The highest BCUT2D eigenvalue weighted by Crippen LogP contribution is 2.07. The summed E-state index contributed by atoms with van der Waals surface area (Å²) >= 11 is 0. The Bertz CT molecular complexity index is 525. The molecular weight excluding hydrogens is 210 g/mol. The van der Waals surface area contributed by atoms with E-state index in [4.69, 9.17) is 0 Å². The topological polar surface area (TPSA) is 73.1 Å². The van der Waals surface area contributed by atoms with Gasteiger partial charge in [0, 0.05) is 20.1 Å². The van der Waals surface area contributed by atoms with Gasteiger partial charge in [-0.05, 0) is 13.8 Å². The molecule has 1 rings (SSSR count). The predicted molar refractivity (Wildman–Crippen MR) is 61.1 cm³/mol. The minimum atomic E-state index is -0.582. The van der Waals surface area contributed by atoms with E-state index in [0.29, 0.717) is 6.29 Å². The zero-order valence-electron chi connectivity index (χ0n) is 9.77. The number of nitrogens with one attached hydrogen (secondary N) is 1. The van der Waals surface area contributed by atoms with E-state index in [1.165, 1.54) is 18.7 Å². The zero-order valence-corrected chi connectivity index (χ0v) is 9.77. The number of aldehydes is 1. The van der Waals surface area contributed by atoms with Crippen LogP contribution in [0.3, 0.4) is 0 Å². The fourth-order valence-electron chi connectivity index (χ4n) is 1.42. The van der Waals surface area contributed by atoms with Gasteiger partial charge in [0.2, 0.25) is 0 Å². The molecule has 0 spiro atoms. The number of carbonyl (C=O) groups is 1. The monoisotopic (exact) mass is 225 g/mol. The number of anilines is 1. The van der Waals surface area contributed by atoms with Gasteiger partial charge < -0.3 is 5.32 Å². The maximum atomic E-state index is 11.7. The normalized spacial score (nSPS) is 10.6. The van der Waals surface area contributed by atoms with E-state index < -0.39 is 11.2 Å². The van der Waals surface area contributed by atoms with E-state index in [2.05, 4.69) is 5.32 Å². The van der Waals surface area contributed by atoms with E-state index in [9.17, 15) is 14.4 Å². The molecule has 0 amide bonds. The third kappa shape index (κ3) is 1.91. The molecule has 0 fully saturated rings. The summed E-state index contributed by atoms with van der Waals surface area (Å²) in [6, 6.07) is 0.0245. The first-order valence-electron chi connectivity index (χ1n) is 4.91. The van der Waals surface area contributed by atoms with Crippen LogP contribution in [0, 0.1) is 0 Å². The molecule has 0 aromatic carbocycles. The maximum Gasteiger partial charge on any atom is 0.332 e. The van der Waals surface area contributed by atoms with Crippen LogP contribution < -0.4 is 16.6 Å². The molecule has 6 nitrogen and oxygen atoms in total. The molecule has 0 aliphatic carbocycles. The molecule has 0 aliphatic rings. The molecule has 1 heterocycles. The minimum absolute atomic E-state index is 0.0245. The van der Waals surface area contributed by atoms with Crippen molar-refractivity contribution in [2.45, 2.75) is 19.9 Å². The molecule has 0 saturated carbocycles. The van der Waals surface area contributed by atoms with Crippen molar-refractivity contribution in [3.63, 3.8) is 0 Å². The Labute approximate surface area is 92.5 Å². The highest BCUT2D eigenvalue weighted by Gasteiger charge is 2.15. The van der Waals surface area contributed by atoms with Crippen molar-refractivity contribution < 1.29 is 4.79 Å². The van der Waals surface area contributed by atoms with Gasteiger partial charge in [-0.2, -0.15) is 0 Å². The summed E-state index contributed by atoms with van der Waals surface area (Å²) in [5, 5.41) is 2.92. The summed E-state index contributed by atoms with van der Waals surface area (Å²) < 4.78 is 2.17. The first kappa shape index (κ1) is 12.2. The van der Waals surface area contributed by atoms with E-state index in [1.54, 1.807) is 0 Å². The van der Waals surface area contributed by atoms with Crippen LogP contribution in [0.25, 0.3) is 0 Å². The highest BCUT2D eigenvalue weighted by atomic mass is 16.2. The molecule has 0 aliphatic heterocycles. The van der Waals surface area contributed by atoms with Gasteiger partial charge in [0.1, 0.15) is 11.4 Å². The van der Waals surface area contributed by atoms with Crippen molar-refractivity contribution in [2.24, 2.45) is 14.1 Å². The number of carbonyl (C=O) groups excluding carboxylic acids is 1. The smallest absolute Gasteiger partial charge is 0.332 e. The Morgan fingerprint density at radius 3 is 2.19 bits per heavy atom. The second kappa shape index (κ2) is 4.34. The van der Waals surface area contributed by atoms with Gasteiger partial charge in [-0.3, -0.25) is 18.7 Å². The second-order valence-corrected chi connectivity index (χ2v) is 3.88. The van der Waals surface area contributed by atoms with E-state index in [0.717, 1.165) is 4.57 Å². The van der Waals surface area contributed by atoms with Crippen LogP contribution in [0.1, 0.15) is 24.2 Å². The van der Waals surface area contributed by atoms with Crippen LogP contribution in [-0.2, 0) is 14.1 Å². The molecule has 0 saturated heterocycles. The van der Waals surface area contributed by atoms with E-state index >= 15 is 0 Å². The lowest BCUT2D eigenvalue weighted by Crippen LogP contribution is -2.41. The first-order valence-corrected chi connectivity index (χ1v) is 4.91. The molecule has 0 radical (unpaired) electrons. The van der Waals surface area contributed by atoms with Gasteiger partial charge >= 0.3 is 5.69 Å². The van der Waals surface area contributed by atoms with Crippen LogP contribution >= 0.6 is 0 Å². The third-order valence-corrected chi connectivity index (χ3v) is 2.24. The molecule has 6 heteroatoms. The van der Waals surface area contributed by atoms with E-state index in [1.807, 2.05) is 13.8 Å². The molecular formula is C10H15N3O3. The third-order valence-electron chi connectivity index (χ3n) is 2.24. The van der Waals surface area contributed by atoms with Crippen molar-refractivity contribution in [3.8, 4) is 0 Å². The van der Waals surface area contributed by atoms with Gasteiger partial charge in [0.25, 0.3) is 5.56 Å². The Morgan fingerprint density at radius 2 is 1.75 bits per heavy atom. The number of hydrogen-bond donors (Lipinski definition) is 1. The molecule has 16 heavy (non-hydrogen) atoms. The fourth-order valence-corrected chi connectivity index (χ4v) is 1.42. The van der Waals surface area contributed by atoms with Crippen LogP contribution in [-0.4, -0.2) is 21.5 Å². The molecule has 88 valence electrons. The van der Waals surface area contributed by atoms with Gasteiger partial charge in [-0.25, -0.2) is 4.79 Å². The Kier molecular flexibility index (Phi) is 3.31. The number of rotatable bonds is 3. The second-order valence-electron chi connectivity index (χ2n) is 3.88. The zero-order chi connectivity index (χ0) is 12.5.